The molecule has 38 heavy (non-hydrogen) atoms. The van der Waals surface area contributed by atoms with Gasteiger partial charge in [0, 0.05) is 37.8 Å². The molecule has 14 heteroatoms. The zero-order valence-corrected chi connectivity index (χ0v) is 20.4. The molecule has 11 nitrogen and oxygen atoms in total. The van der Waals surface area contributed by atoms with Crippen LogP contribution in [0.15, 0.2) is 48.8 Å². The lowest BCUT2D eigenvalue weighted by molar-refractivity contribution is -0.389. The average molecular weight is 535 g/mol. The van der Waals surface area contributed by atoms with Crippen LogP contribution in [0.5, 0.6) is 23.3 Å². The van der Waals surface area contributed by atoms with E-state index in [2.05, 4.69) is 19.6 Å². The van der Waals surface area contributed by atoms with Crippen molar-refractivity contribution in [3.63, 3.8) is 0 Å². The van der Waals surface area contributed by atoms with Gasteiger partial charge in [0.2, 0.25) is 0 Å². The molecular weight excluding hydrogens is 511 g/mol. The molecule has 4 heterocycles. The Kier molecular flexibility index (Phi) is 6.41. The van der Waals surface area contributed by atoms with Crippen molar-refractivity contribution in [3.05, 3.63) is 58.9 Å². The van der Waals surface area contributed by atoms with E-state index in [1.807, 2.05) is 13.0 Å². The summed E-state index contributed by atoms with van der Waals surface area (Å²) in [6, 6.07) is 8.72. The quantitative estimate of drug-likeness (QED) is 0.308. The molecule has 1 aromatic carbocycles. The summed E-state index contributed by atoms with van der Waals surface area (Å²) in [6.07, 6.45) is -0.479. The number of pyridine rings is 1. The van der Waals surface area contributed by atoms with Crippen molar-refractivity contribution in [2.45, 2.75) is 51.0 Å². The van der Waals surface area contributed by atoms with Gasteiger partial charge in [-0.2, -0.15) is 0 Å². The first kappa shape index (κ1) is 25.4. The van der Waals surface area contributed by atoms with Gasteiger partial charge in [0.25, 0.3) is 5.79 Å². The molecule has 5 rings (SSSR count). The van der Waals surface area contributed by atoms with Crippen molar-refractivity contribution in [1.82, 2.24) is 14.5 Å². The summed E-state index contributed by atoms with van der Waals surface area (Å²) in [5.74, 6) is 0.00979. The Bertz CT molecular complexity index is 1290. The molecule has 1 fully saturated rings. The number of anilines is 1. The van der Waals surface area contributed by atoms with Crippen LogP contribution in [0.2, 0.25) is 0 Å². The minimum Gasteiger partial charge on any atom is -0.490 e. The molecule has 0 saturated carbocycles. The van der Waals surface area contributed by atoms with Crippen molar-refractivity contribution in [2.75, 3.05) is 18.0 Å². The molecular formula is C24H24F3N5O6. The molecule has 0 aliphatic carbocycles. The van der Waals surface area contributed by atoms with Crippen LogP contribution in [0.4, 0.5) is 24.8 Å². The van der Waals surface area contributed by atoms with Crippen molar-refractivity contribution in [1.29, 1.82) is 0 Å². The van der Waals surface area contributed by atoms with Crippen molar-refractivity contribution in [2.24, 2.45) is 0 Å². The molecule has 2 atom stereocenters. The second kappa shape index (κ2) is 9.58. The molecule has 202 valence electrons. The number of nitro groups is 1. The van der Waals surface area contributed by atoms with Crippen LogP contribution in [0, 0.1) is 10.1 Å². The molecule has 0 bridgehead atoms. The zero-order chi connectivity index (χ0) is 27.1. The number of hydrogen-bond donors (Lipinski definition) is 0. The summed E-state index contributed by atoms with van der Waals surface area (Å²) in [7, 11) is 0. The maximum Gasteiger partial charge on any atom is 0.573 e. The summed E-state index contributed by atoms with van der Waals surface area (Å²) < 4.78 is 60.1. The first-order valence-corrected chi connectivity index (χ1v) is 11.8. The molecule has 1 saturated heterocycles. The van der Waals surface area contributed by atoms with Gasteiger partial charge >= 0.3 is 18.2 Å². The van der Waals surface area contributed by atoms with Crippen molar-refractivity contribution < 1.29 is 37.0 Å². The van der Waals surface area contributed by atoms with Gasteiger partial charge in [-0.1, -0.05) is 0 Å². The normalized spacial score (nSPS) is 21.5. The third kappa shape index (κ3) is 5.38. The van der Waals surface area contributed by atoms with Crippen LogP contribution in [-0.2, 0) is 0 Å². The number of rotatable bonds is 7. The van der Waals surface area contributed by atoms with Crippen molar-refractivity contribution >= 4 is 11.6 Å². The van der Waals surface area contributed by atoms with Gasteiger partial charge in [-0.05, 0) is 48.2 Å². The highest BCUT2D eigenvalue weighted by Gasteiger charge is 2.49. The van der Waals surface area contributed by atoms with E-state index >= 15 is 0 Å². The number of fused-ring (bicyclic) bond motifs is 1. The summed E-state index contributed by atoms with van der Waals surface area (Å²) in [4.78, 5) is 20.9. The van der Waals surface area contributed by atoms with Crippen LogP contribution in [0.1, 0.15) is 32.7 Å². The number of alkyl halides is 3. The largest absolute Gasteiger partial charge is 0.573 e. The lowest BCUT2D eigenvalue weighted by atomic mass is 10.1. The van der Waals surface area contributed by atoms with E-state index in [9.17, 15) is 23.3 Å². The highest BCUT2D eigenvalue weighted by atomic mass is 19.4. The maximum atomic E-state index is 12.3. The van der Waals surface area contributed by atoms with Gasteiger partial charge in [0.1, 0.15) is 41.4 Å². The van der Waals surface area contributed by atoms with Crippen molar-refractivity contribution in [3.8, 4) is 23.3 Å². The molecule has 2 aromatic heterocycles. The molecule has 0 radical (unpaired) electrons. The third-order valence-corrected chi connectivity index (χ3v) is 6.51. The highest BCUT2D eigenvalue weighted by molar-refractivity contribution is 5.41. The molecule has 0 N–H and O–H groups in total. The third-order valence-electron chi connectivity index (χ3n) is 6.51. The number of halogens is 3. The smallest absolute Gasteiger partial charge is 0.490 e. The van der Waals surface area contributed by atoms with Crippen LogP contribution < -0.4 is 23.8 Å². The summed E-state index contributed by atoms with van der Waals surface area (Å²) in [5, 5.41) is 11.0. The fourth-order valence-electron chi connectivity index (χ4n) is 4.40. The van der Waals surface area contributed by atoms with E-state index in [1.165, 1.54) is 30.5 Å². The minimum atomic E-state index is -4.73. The fraction of sp³-hybridized carbons (Fsp3) is 0.417. The summed E-state index contributed by atoms with van der Waals surface area (Å²) in [6.45, 7) is 4.92. The van der Waals surface area contributed by atoms with Crippen LogP contribution >= 0.6 is 0 Å². The predicted molar refractivity (Wildman–Crippen MR) is 126 cm³/mol. The minimum absolute atomic E-state index is 0.0774. The van der Waals surface area contributed by atoms with E-state index < -0.39 is 17.1 Å². The van der Waals surface area contributed by atoms with Gasteiger partial charge in [-0.3, -0.25) is 4.57 Å². The Morgan fingerprint density at radius 3 is 2.34 bits per heavy atom. The number of benzene rings is 1. The van der Waals surface area contributed by atoms with Gasteiger partial charge in [0.15, 0.2) is 0 Å². The number of ether oxygens (including phenoxy) is 4. The number of imidazole rings is 1. The van der Waals surface area contributed by atoms with Gasteiger partial charge < -0.3 is 34.0 Å². The SMILES string of the molecule is CC1n2cc([N+](=O)[O-])nc2O[C@@]1(C)Oc1ccc(N2CCC(Oc3ccc(OC(F)(F)F)cc3)CC2)nc1. The van der Waals surface area contributed by atoms with E-state index in [0.717, 1.165) is 5.82 Å². The first-order chi connectivity index (χ1) is 18.0. The Hall–Kier alpha value is -4.23. The van der Waals surface area contributed by atoms with E-state index in [4.69, 9.17) is 14.2 Å². The summed E-state index contributed by atoms with van der Waals surface area (Å²) >= 11 is 0. The van der Waals surface area contributed by atoms with Crippen LogP contribution in [-0.4, -0.2) is 50.8 Å². The standard InChI is InChI=1S/C24H24F3N5O6/c1-15-23(2,38-22-29-21(32(33)34)14-31(15)22)36-19-7-8-20(28-13-19)30-11-9-17(10-12-30)35-16-3-5-18(6-4-16)37-24(25,26)27/h3-8,13-15,17H,9-12H2,1-2H3/t15?,23-/m1/s1. The van der Waals surface area contributed by atoms with E-state index in [-0.39, 0.29) is 29.7 Å². The van der Waals surface area contributed by atoms with Crippen LogP contribution in [0.25, 0.3) is 0 Å². The molecule has 2 aliphatic heterocycles. The van der Waals surface area contributed by atoms with Gasteiger partial charge in [0.05, 0.1) is 6.20 Å². The van der Waals surface area contributed by atoms with E-state index in [0.29, 0.717) is 37.4 Å². The fourth-order valence-corrected chi connectivity index (χ4v) is 4.40. The maximum absolute atomic E-state index is 12.3. The number of aromatic nitrogens is 3. The average Bonchev–Trinajstić information content (AvgIpc) is 3.37. The zero-order valence-electron chi connectivity index (χ0n) is 20.4. The number of nitrogens with zero attached hydrogens (tertiary/aromatic N) is 5. The molecule has 2 aliphatic rings. The lowest BCUT2D eigenvalue weighted by Gasteiger charge is -2.33. The summed E-state index contributed by atoms with van der Waals surface area (Å²) in [5.41, 5.74) is 0. The first-order valence-electron chi connectivity index (χ1n) is 11.8. The van der Waals surface area contributed by atoms with Crippen LogP contribution in [0.3, 0.4) is 0 Å². The lowest BCUT2D eigenvalue weighted by Crippen LogP contribution is -2.41. The van der Waals surface area contributed by atoms with E-state index in [1.54, 1.807) is 23.8 Å². The Morgan fingerprint density at radius 2 is 1.76 bits per heavy atom. The monoisotopic (exact) mass is 535 g/mol. The molecule has 3 aromatic rings. The highest BCUT2D eigenvalue weighted by Crippen LogP contribution is 2.40. The number of hydrogen-bond acceptors (Lipinski definition) is 9. The Morgan fingerprint density at radius 1 is 1.11 bits per heavy atom. The second-order valence-electron chi connectivity index (χ2n) is 9.12. The number of piperidine rings is 1. The Balaban J connectivity index is 1.13. The van der Waals surface area contributed by atoms with Gasteiger partial charge in [-0.25, -0.2) is 4.98 Å². The molecule has 0 spiro atoms. The van der Waals surface area contributed by atoms with Gasteiger partial charge in [-0.15, -0.1) is 13.2 Å². The molecule has 1 unspecified atom stereocenters. The topological polar surface area (TPSA) is 114 Å². The second-order valence-corrected chi connectivity index (χ2v) is 9.12. The predicted octanol–water partition coefficient (Wildman–Crippen LogP) is 4.88. The Labute approximate surface area is 214 Å². The molecule has 0 amide bonds.